The number of nitrogens with one attached hydrogen (secondary N) is 1. The minimum atomic E-state index is -0.647. The number of hydrogen-bond donors (Lipinski definition) is 3. The van der Waals surface area contributed by atoms with Gasteiger partial charge < -0.3 is 20.3 Å². The van der Waals surface area contributed by atoms with E-state index in [0.29, 0.717) is 12.2 Å². The van der Waals surface area contributed by atoms with Crippen molar-refractivity contribution in [2.75, 3.05) is 20.3 Å². The Morgan fingerprint density at radius 1 is 1.23 bits per heavy atom. The van der Waals surface area contributed by atoms with Crippen LogP contribution in [0.2, 0.25) is 0 Å². The summed E-state index contributed by atoms with van der Waals surface area (Å²) in [6.07, 6.45) is 0. The summed E-state index contributed by atoms with van der Waals surface area (Å²) in [5, 5.41) is 22.0. The molecule has 0 radical (unpaired) electrons. The molecule has 0 bridgehead atoms. The molecular formula is C15H17N3O4. The van der Waals surface area contributed by atoms with Gasteiger partial charge in [0, 0.05) is 19.2 Å². The Labute approximate surface area is 127 Å². The number of hydrogen-bond acceptors (Lipinski definition) is 6. The van der Waals surface area contributed by atoms with Crippen molar-refractivity contribution in [2.45, 2.75) is 6.92 Å². The van der Waals surface area contributed by atoms with E-state index in [1.807, 2.05) is 19.1 Å². The second kappa shape index (κ2) is 6.86. The molecule has 1 aromatic carbocycles. The van der Waals surface area contributed by atoms with E-state index in [2.05, 4.69) is 15.3 Å². The van der Waals surface area contributed by atoms with E-state index in [-0.39, 0.29) is 18.1 Å². The molecule has 0 aliphatic carbocycles. The molecule has 7 heteroatoms. The van der Waals surface area contributed by atoms with Gasteiger partial charge in [-0.25, -0.2) is 4.98 Å². The van der Waals surface area contributed by atoms with Gasteiger partial charge in [-0.3, -0.25) is 4.79 Å². The first-order valence-electron chi connectivity index (χ1n) is 6.67. The largest absolute Gasteiger partial charge is 0.501 e. The lowest BCUT2D eigenvalue weighted by atomic mass is 10.1. The number of benzene rings is 1. The normalized spacial score (nSPS) is 10.5. The summed E-state index contributed by atoms with van der Waals surface area (Å²) in [7, 11) is 1.51. The Morgan fingerprint density at radius 3 is 2.55 bits per heavy atom. The Kier molecular flexibility index (Phi) is 4.90. The maximum atomic E-state index is 12.0. The third kappa shape index (κ3) is 3.50. The lowest BCUT2D eigenvalue weighted by molar-refractivity contribution is 0.0928. The minimum Gasteiger partial charge on any atom is -0.501 e. The topological polar surface area (TPSA) is 105 Å². The molecule has 0 spiro atoms. The lowest BCUT2D eigenvalue weighted by Crippen LogP contribution is -2.28. The van der Waals surface area contributed by atoms with Crippen LogP contribution < -0.4 is 5.32 Å². The predicted molar refractivity (Wildman–Crippen MR) is 79.7 cm³/mol. The van der Waals surface area contributed by atoms with E-state index in [1.54, 1.807) is 12.1 Å². The van der Waals surface area contributed by atoms with Crippen LogP contribution in [0.4, 0.5) is 0 Å². The van der Waals surface area contributed by atoms with Gasteiger partial charge in [0.25, 0.3) is 11.8 Å². The SMILES string of the molecule is COCCNC(=O)c1nc(-c2ccc(C)cc2)nc(O)c1O. The quantitative estimate of drug-likeness (QED) is 0.718. The fraction of sp³-hybridized carbons (Fsp3) is 0.267. The van der Waals surface area contributed by atoms with Crippen molar-refractivity contribution in [3.8, 4) is 23.0 Å². The van der Waals surface area contributed by atoms with Crippen molar-refractivity contribution in [2.24, 2.45) is 0 Å². The average Bonchev–Trinajstić information content (AvgIpc) is 2.50. The molecule has 0 atom stereocenters. The first kappa shape index (κ1) is 15.7. The second-order valence-corrected chi connectivity index (χ2v) is 4.68. The Morgan fingerprint density at radius 2 is 1.91 bits per heavy atom. The highest BCUT2D eigenvalue weighted by Crippen LogP contribution is 2.28. The van der Waals surface area contributed by atoms with E-state index in [9.17, 15) is 15.0 Å². The number of aromatic nitrogens is 2. The number of carbonyl (C=O) groups excluding carboxylic acids is 1. The number of aryl methyl sites for hydroxylation is 1. The van der Waals surface area contributed by atoms with Crippen LogP contribution in [-0.2, 0) is 4.74 Å². The van der Waals surface area contributed by atoms with Crippen molar-refractivity contribution in [3.63, 3.8) is 0 Å². The number of nitrogens with zero attached hydrogens (tertiary/aromatic N) is 2. The van der Waals surface area contributed by atoms with E-state index < -0.39 is 17.5 Å². The summed E-state index contributed by atoms with van der Waals surface area (Å²) in [6.45, 7) is 2.53. The summed E-state index contributed by atoms with van der Waals surface area (Å²) in [5.41, 5.74) is 1.41. The average molecular weight is 303 g/mol. The predicted octanol–water partition coefficient (Wildman–Crippen LogP) is 1.24. The van der Waals surface area contributed by atoms with Crippen molar-refractivity contribution < 1.29 is 19.7 Å². The van der Waals surface area contributed by atoms with Crippen LogP contribution in [0.5, 0.6) is 11.6 Å². The van der Waals surface area contributed by atoms with Crippen LogP contribution in [0.1, 0.15) is 16.1 Å². The molecule has 116 valence electrons. The third-order valence-electron chi connectivity index (χ3n) is 2.98. The fourth-order valence-corrected chi connectivity index (χ4v) is 1.78. The molecule has 0 saturated carbocycles. The fourth-order valence-electron chi connectivity index (χ4n) is 1.78. The highest BCUT2D eigenvalue weighted by molar-refractivity contribution is 5.95. The number of aromatic hydroxyl groups is 2. The Hall–Kier alpha value is -2.67. The van der Waals surface area contributed by atoms with Gasteiger partial charge in [-0.1, -0.05) is 29.8 Å². The number of amides is 1. The van der Waals surface area contributed by atoms with Crippen molar-refractivity contribution in [1.82, 2.24) is 15.3 Å². The van der Waals surface area contributed by atoms with E-state index in [4.69, 9.17) is 4.74 Å². The van der Waals surface area contributed by atoms with Crippen LogP contribution in [0.15, 0.2) is 24.3 Å². The summed E-state index contributed by atoms with van der Waals surface area (Å²) in [4.78, 5) is 19.8. The monoisotopic (exact) mass is 303 g/mol. The number of ether oxygens (including phenoxy) is 1. The summed E-state index contributed by atoms with van der Waals surface area (Å²) in [5.74, 6) is -1.74. The number of carbonyl (C=O) groups is 1. The zero-order valence-electron chi connectivity index (χ0n) is 12.3. The molecule has 1 heterocycles. The Bertz CT molecular complexity index is 671. The Balaban J connectivity index is 2.34. The lowest BCUT2D eigenvalue weighted by Gasteiger charge is -2.09. The molecule has 0 aliphatic rings. The molecule has 22 heavy (non-hydrogen) atoms. The maximum Gasteiger partial charge on any atom is 0.274 e. The summed E-state index contributed by atoms with van der Waals surface area (Å²) >= 11 is 0. The van der Waals surface area contributed by atoms with E-state index in [1.165, 1.54) is 7.11 Å². The molecular weight excluding hydrogens is 286 g/mol. The minimum absolute atomic E-state index is 0.159. The molecule has 0 unspecified atom stereocenters. The smallest absolute Gasteiger partial charge is 0.274 e. The molecule has 0 saturated heterocycles. The first-order valence-corrected chi connectivity index (χ1v) is 6.67. The van der Waals surface area contributed by atoms with Gasteiger partial charge in [0.1, 0.15) is 0 Å². The second-order valence-electron chi connectivity index (χ2n) is 4.68. The van der Waals surface area contributed by atoms with Gasteiger partial charge in [-0.15, -0.1) is 0 Å². The van der Waals surface area contributed by atoms with Gasteiger partial charge in [0.05, 0.1) is 6.61 Å². The van der Waals surface area contributed by atoms with Gasteiger partial charge >= 0.3 is 0 Å². The molecule has 1 aromatic heterocycles. The third-order valence-corrected chi connectivity index (χ3v) is 2.98. The van der Waals surface area contributed by atoms with Crippen LogP contribution in [-0.4, -0.2) is 46.3 Å². The van der Waals surface area contributed by atoms with Gasteiger partial charge in [0.2, 0.25) is 5.75 Å². The maximum absolute atomic E-state index is 12.0. The van der Waals surface area contributed by atoms with E-state index in [0.717, 1.165) is 5.56 Å². The van der Waals surface area contributed by atoms with Crippen molar-refractivity contribution in [3.05, 3.63) is 35.5 Å². The molecule has 2 rings (SSSR count). The molecule has 2 aromatic rings. The van der Waals surface area contributed by atoms with E-state index >= 15 is 0 Å². The zero-order valence-corrected chi connectivity index (χ0v) is 12.3. The number of rotatable bonds is 5. The highest BCUT2D eigenvalue weighted by atomic mass is 16.5. The van der Waals surface area contributed by atoms with Crippen molar-refractivity contribution in [1.29, 1.82) is 0 Å². The summed E-state index contributed by atoms with van der Waals surface area (Å²) < 4.78 is 4.83. The first-order chi connectivity index (χ1) is 10.5. The standard InChI is InChI=1S/C15H17N3O4/c1-9-3-5-10(6-4-9)13-17-11(12(19)15(21)18-13)14(20)16-7-8-22-2/h3-6,19H,7-8H2,1-2H3,(H,16,20)(H,17,18,21). The van der Waals surface area contributed by atoms with Crippen LogP contribution in [0, 0.1) is 6.92 Å². The van der Waals surface area contributed by atoms with Gasteiger partial charge in [-0.2, -0.15) is 4.98 Å². The van der Waals surface area contributed by atoms with Crippen LogP contribution in [0.3, 0.4) is 0 Å². The van der Waals surface area contributed by atoms with Gasteiger partial charge in [-0.05, 0) is 6.92 Å². The molecule has 7 nitrogen and oxygen atoms in total. The zero-order chi connectivity index (χ0) is 16.1. The highest BCUT2D eigenvalue weighted by Gasteiger charge is 2.19. The molecule has 0 aliphatic heterocycles. The van der Waals surface area contributed by atoms with Crippen molar-refractivity contribution >= 4 is 5.91 Å². The van der Waals surface area contributed by atoms with Crippen LogP contribution >= 0.6 is 0 Å². The summed E-state index contributed by atoms with van der Waals surface area (Å²) in [6, 6.07) is 7.27. The van der Waals surface area contributed by atoms with Gasteiger partial charge in [0.15, 0.2) is 11.5 Å². The molecule has 0 fully saturated rings. The molecule has 3 N–H and O–H groups in total. The van der Waals surface area contributed by atoms with Crippen LogP contribution in [0.25, 0.3) is 11.4 Å². The number of methoxy groups -OCH3 is 1. The molecule has 1 amide bonds.